The number of carbonyl (C=O) groups excluding carboxylic acids is 2. The van der Waals surface area contributed by atoms with Crippen molar-refractivity contribution >= 4 is 23.5 Å². The maximum atomic E-state index is 12.8. The number of amides is 2. The Morgan fingerprint density at radius 3 is 2.70 bits per heavy atom. The van der Waals surface area contributed by atoms with Gasteiger partial charge in [-0.2, -0.15) is 5.10 Å². The van der Waals surface area contributed by atoms with Gasteiger partial charge in [0.25, 0.3) is 11.8 Å². The largest absolute Gasteiger partial charge is 0.480 e. The van der Waals surface area contributed by atoms with Gasteiger partial charge in [-0.1, -0.05) is 6.07 Å². The number of hydrogen-bond acceptors (Lipinski definition) is 4. The first-order chi connectivity index (χ1) is 12.9. The monoisotopic (exact) mass is 370 g/mol. The highest BCUT2D eigenvalue weighted by Crippen LogP contribution is 2.21. The minimum Gasteiger partial charge on any atom is -0.480 e. The fourth-order valence-corrected chi connectivity index (χ4v) is 3.35. The van der Waals surface area contributed by atoms with Gasteiger partial charge in [-0.3, -0.25) is 14.3 Å². The average Bonchev–Trinajstić information content (AvgIpc) is 2.99. The molecule has 0 bridgehead atoms. The van der Waals surface area contributed by atoms with E-state index >= 15 is 0 Å². The van der Waals surface area contributed by atoms with Crippen LogP contribution in [0.2, 0.25) is 0 Å². The topological polar surface area (TPSA) is 105 Å². The molecule has 1 aliphatic rings. The maximum Gasteiger partial charge on any atom is 0.326 e. The molecule has 0 spiro atoms. The number of carboxylic acids is 1. The molecule has 2 N–H and O–H groups in total. The molecule has 27 heavy (non-hydrogen) atoms. The molecule has 142 valence electrons. The summed E-state index contributed by atoms with van der Waals surface area (Å²) >= 11 is 0. The third-order valence-electron chi connectivity index (χ3n) is 4.67. The molecule has 1 aromatic carbocycles. The van der Waals surface area contributed by atoms with Crippen LogP contribution in [0.15, 0.2) is 30.5 Å². The minimum absolute atomic E-state index is 0.313. The van der Waals surface area contributed by atoms with E-state index in [1.807, 2.05) is 0 Å². The van der Waals surface area contributed by atoms with E-state index in [4.69, 9.17) is 0 Å². The molecule has 1 fully saturated rings. The lowest BCUT2D eigenvalue weighted by Crippen LogP contribution is -2.48. The average molecular weight is 370 g/mol. The number of benzene rings is 1. The number of aryl methyl sites for hydroxylation is 2. The van der Waals surface area contributed by atoms with Crippen LogP contribution in [0.5, 0.6) is 0 Å². The Morgan fingerprint density at radius 2 is 2.04 bits per heavy atom. The van der Waals surface area contributed by atoms with Gasteiger partial charge in [0, 0.05) is 31.0 Å². The normalized spacial score (nSPS) is 16.8. The number of rotatable bonds is 4. The summed E-state index contributed by atoms with van der Waals surface area (Å²) in [5.74, 6) is -1.64. The fraction of sp³-hybridized carbons (Fsp3) is 0.368. The zero-order valence-electron chi connectivity index (χ0n) is 15.3. The fourth-order valence-electron chi connectivity index (χ4n) is 3.35. The highest BCUT2D eigenvalue weighted by molar-refractivity contribution is 6.05. The molecule has 2 heterocycles. The van der Waals surface area contributed by atoms with E-state index in [1.165, 1.54) is 4.90 Å². The van der Waals surface area contributed by atoms with Gasteiger partial charge in [-0.25, -0.2) is 4.79 Å². The molecule has 1 saturated heterocycles. The molecule has 3 rings (SSSR count). The van der Waals surface area contributed by atoms with E-state index in [1.54, 1.807) is 49.1 Å². The van der Waals surface area contributed by atoms with Crippen molar-refractivity contribution in [2.45, 2.75) is 32.2 Å². The lowest BCUT2D eigenvalue weighted by atomic mass is 10.0. The number of anilines is 1. The van der Waals surface area contributed by atoms with Gasteiger partial charge >= 0.3 is 5.97 Å². The van der Waals surface area contributed by atoms with Crippen molar-refractivity contribution in [1.29, 1.82) is 0 Å². The Balaban J connectivity index is 1.78. The van der Waals surface area contributed by atoms with Gasteiger partial charge in [-0.05, 0) is 44.4 Å². The summed E-state index contributed by atoms with van der Waals surface area (Å²) in [6, 6.07) is 5.74. The van der Waals surface area contributed by atoms with E-state index in [2.05, 4.69) is 10.4 Å². The second kappa shape index (κ2) is 7.61. The minimum atomic E-state index is -0.987. The van der Waals surface area contributed by atoms with Crippen molar-refractivity contribution in [3.05, 3.63) is 47.3 Å². The van der Waals surface area contributed by atoms with Crippen molar-refractivity contribution in [3.63, 3.8) is 0 Å². The van der Waals surface area contributed by atoms with Crippen LogP contribution >= 0.6 is 0 Å². The van der Waals surface area contributed by atoms with Crippen LogP contribution in [0, 0.1) is 6.92 Å². The highest BCUT2D eigenvalue weighted by Gasteiger charge is 2.32. The first-order valence-corrected chi connectivity index (χ1v) is 8.82. The first-order valence-electron chi connectivity index (χ1n) is 8.82. The smallest absolute Gasteiger partial charge is 0.326 e. The molecular weight excluding hydrogens is 348 g/mol. The second-order valence-corrected chi connectivity index (χ2v) is 6.69. The van der Waals surface area contributed by atoms with Crippen LogP contribution < -0.4 is 5.32 Å². The lowest BCUT2D eigenvalue weighted by Gasteiger charge is -2.33. The van der Waals surface area contributed by atoms with Gasteiger partial charge in [-0.15, -0.1) is 0 Å². The summed E-state index contributed by atoms with van der Waals surface area (Å²) in [6.07, 6.45) is 3.66. The number of carbonyl (C=O) groups is 3. The Hall–Kier alpha value is -3.16. The zero-order chi connectivity index (χ0) is 19.6. The van der Waals surface area contributed by atoms with Crippen LogP contribution in [0.1, 0.15) is 45.7 Å². The number of hydrogen-bond donors (Lipinski definition) is 2. The molecule has 2 amide bonds. The number of piperidine rings is 1. The lowest BCUT2D eigenvalue weighted by molar-refractivity contribution is -0.143. The van der Waals surface area contributed by atoms with Crippen molar-refractivity contribution in [1.82, 2.24) is 14.7 Å². The van der Waals surface area contributed by atoms with Gasteiger partial charge < -0.3 is 15.3 Å². The molecule has 0 aliphatic carbocycles. The van der Waals surface area contributed by atoms with Gasteiger partial charge in [0.05, 0.1) is 11.3 Å². The van der Waals surface area contributed by atoms with Crippen LogP contribution in [0.25, 0.3) is 0 Å². The Bertz CT molecular complexity index is 890. The Morgan fingerprint density at radius 1 is 1.26 bits per heavy atom. The Kier molecular flexibility index (Phi) is 5.25. The molecule has 0 radical (unpaired) electrons. The molecule has 2 aromatic rings. The summed E-state index contributed by atoms with van der Waals surface area (Å²) in [5.41, 5.74) is 1.89. The SMILES string of the molecule is Cc1nn(C)cc1C(=O)Nc1cccc(C(=O)N2CCCCC2C(=O)O)c1. The van der Waals surface area contributed by atoms with Crippen LogP contribution in [0.3, 0.4) is 0 Å². The summed E-state index contributed by atoms with van der Waals surface area (Å²) in [6.45, 7) is 2.17. The highest BCUT2D eigenvalue weighted by atomic mass is 16.4. The van der Waals surface area contributed by atoms with E-state index in [0.717, 1.165) is 12.8 Å². The third kappa shape index (κ3) is 3.99. The van der Waals surface area contributed by atoms with Crippen LogP contribution in [0.4, 0.5) is 5.69 Å². The van der Waals surface area contributed by atoms with Crippen LogP contribution in [-0.2, 0) is 11.8 Å². The molecule has 1 aromatic heterocycles. The number of nitrogens with one attached hydrogen (secondary N) is 1. The first kappa shape index (κ1) is 18.6. The summed E-state index contributed by atoms with van der Waals surface area (Å²) in [7, 11) is 1.74. The van der Waals surface area contributed by atoms with Crippen molar-refractivity contribution < 1.29 is 19.5 Å². The molecule has 8 heteroatoms. The second-order valence-electron chi connectivity index (χ2n) is 6.69. The predicted molar refractivity (Wildman–Crippen MR) is 98.7 cm³/mol. The van der Waals surface area contributed by atoms with Crippen molar-refractivity contribution in [2.24, 2.45) is 7.05 Å². The van der Waals surface area contributed by atoms with E-state index < -0.39 is 12.0 Å². The van der Waals surface area contributed by atoms with Gasteiger partial charge in [0.2, 0.25) is 0 Å². The summed E-state index contributed by atoms with van der Waals surface area (Å²) in [4.78, 5) is 38.1. The number of carboxylic acid groups (broad SMARTS) is 1. The van der Waals surface area contributed by atoms with E-state index in [0.29, 0.717) is 35.5 Å². The van der Waals surface area contributed by atoms with Crippen LogP contribution in [-0.4, -0.2) is 50.2 Å². The van der Waals surface area contributed by atoms with Crippen molar-refractivity contribution in [3.8, 4) is 0 Å². The zero-order valence-corrected chi connectivity index (χ0v) is 15.3. The van der Waals surface area contributed by atoms with E-state index in [-0.39, 0.29) is 11.8 Å². The molecule has 8 nitrogen and oxygen atoms in total. The van der Waals surface area contributed by atoms with Gasteiger partial charge in [0.1, 0.15) is 6.04 Å². The standard InChI is InChI=1S/C19H22N4O4/c1-12-15(11-22(2)21-12)17(24)20-14-7-5-6-13(10-14)18(25)23-9-4-3-8-16(23)19(26)27/h5-7,10-11,16H,3-4,8-9H2,1-2H3,(H,20,24)(H,26,27). The molecule has 1 atom stereocenters. The summed E-state index contributed by atoms with van der Waals surface area (Å²) < 4.78 is 1.56. The molecule has 1 aliphatic heterocycles. The Labute approximate surface area is 156 Å². The van der Waals surface area contributed by atoms with E-state index in [9.17, 15) is 19.5 Å². The number of nitrogens with zero attached hydrogens (tertiary/aromatic N) is 3. The third-order valence-corrected chi connectivity index (χ3v) is 4.67. The number of aliphatic carboxylic acids is 1. The quantitative estimate of drug-likeness (QED) is 0.857. The van der Waals surface area contributed by atoms with Crippen molar-refractivity contribution in [2.75, 3.05) is 11.9 Å². The molecule has 1 unspecified atom stereocenters. The summed E-state index contributed by atoms with van der Waals surface area (Å²) in [5, 5.41) is 16.3. The molecular formula is C19H22N4O4. The number of likely N-dealkylation sites (tertiary alicyclic amines) is 1. The molecule has 0 saturated carbocycles. The maximum absolute atomic E-state index is 12.8. The van der Waals surface area contributed by atoms with Gasteiger partial charge in [0.15, 0.2) is 0 Å². The number of aromatic nitrogens is 2. The predicted octanol–water partition coefficient (Wildman–Crippen LogP) is 2.06.